The molecule has 2 rings (SSSR count). The van der Waals surface area contributed by atoms with E-state index < -0.39 is 0 Å². The molecule has 1 fully saturated rings. The highest BCUT2D eigenvalue weighted by molar-refractivity contribution is 9.10. The predicted octanol–water partition coefficient (Wildman–Crippen LogP) is 0.934. The third kappa shape index (κ3) is 1.79. The Balaban J connectivity index is 2.12. The second-order valence-corrected chi connectivity index (χ2v) is 4.49. The van der Waals surface area contributed by atoms with Crippen LogP contribution in [0.3, 0.4) is 0 Å². The van der Waals surface area contributed by atoms with Gasteiger partial charge in [-0.2, -0.15) is 5.10 Å². The van der Waals surface area contributed by atoms with Gasteiger partial charge >= 0.3 is 0 Å². The van der Waals surface area contributed by atoms with E-state index in [1.165, 1.54) is 5.69 Å². The van der Waals surface area contributed by atoms with Crippen LogP contribution in [0.1, 0.15) is 0 Å². The zero-order valence-corrected chi connectivity index (χ0v) is 10.2. The molecule has 1 aromatic heterocycles. The molecule has 1 aromatic rings. The molecule has 1 aliphatic rings. The van der Waals surface area contributed by atoms with Crippen LogP contribution in [0.2, 0.25) is 0 Å². The average molecular weight is 259 g/mol. The van der Waals surface area contributed by atoms with Crippen LogP contribution in [-0.4, -0.2) is 47.9 Å². The Morgan fingerprint density at radius 3 is 2.36 bits per heavy atom. The van der Waals surface area contributed by atoms with Gasteiger partial charge in [-0.15, -0.1) is 0 Å². The van der Waals surface area contributed by atoms with E-state index in [1.807, 2.05) is 17.9 Å². The summed E-state index contributed by atoms with van der Waals surface area (Å²) in [5.74, 6) is 0. The number of aryl methyl sites for hydroxylation is 1. The van der Waals surface area contributed by atoms with E-state index in [0.717, 1.165) is 30.8 Å². The van der Waals surface area contributed by atoms with Crippen molar-refractivity contribution < 1.29 is 0 Å². The van der Waals surface area contributed by atoms with E-state index in [1.54, 1.807) is 0 Å². The zero-order chi connectivity index (χ0) is 10.1. The van der Waals surface area contributed by atoms with Crippen LogP contribution in [0.15, 0.2) is 10.8 Å². The van der Waals surface area contributed by atoms with Crippen molar-refractivity contribution in [1.29, 1.82) is 0 Å². The van der Waals surface area contributed by atoms with E-state index in [0.29, 0.717) is 0 Å². The van der Waals surface area contributed by atoms with Gasteiger partial charge < -0.3 is 9.80 Å². The Hall–Kier alpha value is -0.550. The minimum absolute atomic E-state index is 1.07. The minimum Gasteiger partial charge on any atom is -0.365 e. The first-order valence-corrected chi connectivity index (χ1v) is 5.59. The number of anilines is 1. The standard InChI is InChI=1S/C9H15BrN4/c1-12-3-5-14(6-4-12)8-7-11-13(2)9(8)10/h7H,3-6H2,1-2H3. The third-order valence-electron chi connectivity index (χ3n) is 2.69. The number of aromatic nitrogens is 2. The molecule has 0 aliphatic carbocycles. The molecule has 0 bridgehead atoms. The third-order valence-corrected chi connectivity index (χ3v) is 3.61. The Labute approximate surface area is 92.6 Å². The van der Waals surface area contributed by atoms with Crippen LogP contribution in [0.25, 0.3) is 0 Å². The minimum atomic E-state index is 1.07. The highest BCUT2D eigenvalue weighted by Crippen LogP contribution is 2.25. The summed E-state index contributed by atoms with van der Waals surface area (Å²) in [6.07, 6.45) is 1.93. The smallest absolute Gasteiger partial charge is 0.127 e. The fourth-order valence-electron chi connectivity index (χ4n) is 1.67. The maximum Gasteiger partial charge on any atom is 0.127 e. The van der Waals surface area contributed by atoms with Crippen molar-refractivity contribution in [3.05, 3.63) is 10.8 Å². The van der Waals surface area contributed by atoms with E-state index in [-0.39, 0.29) is 0 Å². The number of nitrogens with zero attached hydrogens (tertiary/aromatic N) is 4. The predicted molar refractivity (Wildman–Crippen MR) is 60.6 cm³/mol. The van der Waals surface area contributed by atoms with Gasteiger partial charge in [0, 0.05) is 33.2 Å². The molecule has 14 heavy (non-hydrogen) atoms. The Kier molecular flexibility index (Phi) is 2.78. The maximum absolute atomic E-state index is 4.22. The van der Waals surface area contributed by atoms with Gasteiger partial charge in [0.25, 0.3) is 0 Å². The number of hydrogen-bond acceptors (Lipinski definition) is 3. The number of likely N-dealkylation sites (N-methyl/N-ethyl adjacent to an activating group) is 1. The molecule has 5 heteroatoms. The van der Waals surface area contributed by atoms with Crippen molar-refractivity contribution in [2.24, 2.45) is 7.05 Å². The summed E-state index contributed by atoms with van der Waals surface area (Å²) in [6.45, 7) is 4.42. The summed E-state index contributed by atoms with van der Waals surface area (Å²) >= 11 is 3.55. The molecular formula is C9H15BrN4. The quantitative estimate of drug-likeness (QED) is 0.750. The molecule has 0 atom stereocenters. The molecule has 0 radical (unpaired) electrons. The molecule has 1 saturated heterocycles. The summed E-state index contributed by atoms with van der Waals surface area (Å²) in [5.41, 5.74) is 1.21. The van der Waals surface area contributed by atoms with Gasteiger partial charge in [0.15, 0.2) is 0 Å². The average Bonchev–Trinajstić information content (AvgIpc) is 2.50. The molecule has 4 nitrogen and oxygen atoms in total. The summed E-state index contributed by atoms with van der Waals surface area (Å²) in [4.78, 5) is 4.72. The first kappa shape index (κ1) is 9.98. The van der Waals surface area contributed by atoms with Crippen LogP contribution in [-0.2, 0) is 7.05 Å². The van der Waals surface area contributed by atoms with Crippen LogP contribution < -0.4 is 4.90 Å². The molecule has 0 N–H and O–H groups in total. The van der Waals surface area contributed by atoms with Crippen molar-refractivity contribution in [3.63, 3.8) is 0 Å². The Morgan fingerprint density at radius 2 is 1.86 bits per heavy atom. The summed E-state index contributed by atoms with van der Waals surface area (Å²) in [5, 5.41) is 4.22. The lowest BCUT2D eigenvalue weighted by molar-refractivity contribution is 0.312. The Bertz CT molecular complexity index is 315. The first-order chi connectivity index (χ1) is 6.68. The number of hydrogen-bond donors (Lipinski definition) is 0. The molecule has 0 spiro atoms. The molecule has 0 saturated carbocycles. The molecule has 78 valence electrons. The second kappa shape index (κ2) is 3.90. The van der Waals surface area contributed by atoms with Gasteiger partial charge in [-0.25, -0.2) is 0 Å². The lowest BCUT2D eigenvalue weighted by atomic mass is 10.3. The fraction of sp³-hybridized carbons (Fsp3) is 0.667. The zero-order valence-electron chi connectivity index (χ0n) is 8.57. The lowest BCUT2D eigenvalue weighted by Gasteiger charge is -2.33. The largest absolute Gasteiger partial charge is 0.365 e. The van der Waals surface area contributed by atoms with Crippen molar-refractivity contribution in [1.82, 2.24) is 14.7 Å². The fourth-order valence-corrected chi connectivity index (χ4v) is 2.12. The van der Waals surface area contributed by atoms with E-state index in [4.69, 9.17) is 0 Å². The highest BCUT2D eigenvalue weighted by Gasteiger charge is 2.18. The highest BCUT2D eigenvalue weighted by atomic mass is 79.9. The van der Waals surface area contributed by atoms with Crippen molar-refractivity contribution >= 4 is 21.6 Å². The molecule has 2 heterocycles. The van der Waals surface area contributed by atoms with Gasteiger partial charge in [-0.1, -0.05) is 0 Å². The molecular weight excluding hydrogens is 244 g/mol. The molecule has 0 unspecified atom stereocenters. The lowest BCUT2D eigenvalue weighted by Crippen LogP contribution is -2.44. The summed E-state index contributed by atoms with van der Waals surface area (Å²) < 4.78 is 2.93. The molecule has 0 aromatic carbocycles. The van der Waals surface area contributed by atoms with Crippen molar-refractivity contribution in [3.8, 4) is 0 Å². The Morgan fingerprint density at radius 1 is 1.21 bits per heavy atom. The molecule has 0 amide bonds. The first-order valence-electron chi connectivity index (χ1n) is 4.79. The monoisotopic (exact) mass is 258 g/mol. The van der Waals surface area contributed by atoms with Crippen LogP contribution in [0.5, 0.6) is 0 Å². The maximum atomic E-state index is 4.22. The van der Waals surface area contributed by atoms with Gasteiger partial charge in [0.1, 0.15) is 4.60 Å². The topological polar surface area (TPSA) is 24.3 Å². The van der Waals surface area contributed by atoms with Crippen LogP contribution in [0, 0.1) is 0 Å². The van der Waals surface area contributed by atoms with Gasteiger partial charge in [-0.3, -0.25) is 4.68 Å². The normalized spacial score (nSPS) is 18.9. The van der Waals surface area contributed by atoms with Crippen molar-refractivity contribution in [2.45, 2.75) is 0 Å². The van der Waals surface area contributed by atoms with E-state index in [9.17, 15) is 0 Å². The number of piperazine rings is 1. The van der Waals surface area contributed by atoms with Gasteiger partial charge in [-0.05, 0) is 23.0 Å². The SMILES string of the molecule is CN1CCN(c2cnn(C)c2Br)CC1. The van der Waals surface area contributed by atoms with Gasteiger partial charge in [0.05, 0.1) is 11.9 Å². The summed E-state index contributed by atoms with van der Waals surface area (Å²) in [6, 6.07) is 0. The van der Waals surface area contributed by atoms with Crippen LogP contribution >= 0.6 is 15.9 Å². The van der Waals surface area contributed by atoms with E-state index in [2.05, 4.69) is 37.9 Å². The van der Waals surface area contributed by atoms with E-state index >= 15 is 0 Å². The van der Waals surface area contributed by atoms with Crippen molar-refractivity contribution in [2.75, 3.05) is 38.1 Å². The molecule has 1 aliphatic heterocycles. The second-order valence-electron chi connectivity index (χ2n) is 3.73. The van der Waals surface area contributed by atoms with Crippen LogP contribution in [0.4, 0.5) is 5.69 Å². The summed E-state index contributed by atoms with van der Waals surface area (Å²) in [7, 11) is 4.11. The number of halogens is 1. The van der Waals surface area contributed by atoms with Gasteiger partial charge in [0.2, 0.25) is 0 Å². The number of rotatable bonds is 1.